The average molecular weight is 488 g/mol. The second-order valence-corrected chi connectivity index (χ2v) is 7.47. The van der Waals surface area contributed by atoms with Gasteiger partial charge in [0.25, 0.3) is 0 Å². The molecule has 0 heterocycles. The van der Waals surface area contributed by atoms with Gasteiger partial charge in [-0.1, -0.05) is 48.9 Å². The Morgan fingerprint density at radius 3 is 1.71 bits per heavy atom. The van der Waals surface area contributed by atoms with Crippen molar-refractivity contribution in [3.8, 4) is 35.5 Å². The van der Waals surface area contributed by atoms with Gasteiger partial charge >= 0.3 is 0 Å². The number of aliphatic imine (C=N–C) groups is 1. The fourth-order valence-electron chi connectivity index (χ4n) is 2.89. The highest BCUT2D eigenvalue weighted by Crippen LogP contribution is 2.23. The Balaban J connectivity index is 1.77. The van der Waals surface area contributed by atoms with E-state index in [1.165, 1.54) is 24.3 Å². The SMILES string of the molecule is CCCCC#Cc1ccc(C#Cc2ccc(C#Cc3cc(F)c(N=C=S)c(F)c3)cc2F)c(F)c1. The quantitative estimate of drug-likeness (QED) is 0.124. The summed E-state index contributed by atoms with van der Waals surface area (Å²) in [5, 5.41) is 1.91. The Kier molecular flexibility index (Phi) is 9.00. The van der Waals surface area contributed by atoms with Crippen LogP contribution in [-0.2, 0) is 0 Å². The van der Waals surface area contributed by atoms with Crippen LogP contribution in [0.5, 0.6) is 0 Å². The number of isothiocyanates is 1. The molecule has 0 aliphatic heterocycles. The molecule has 3 aromatic carbocycles. The van der Waals surface area contributed by atoms with Crippen LogP contribution in [0.4, 0.5) is 23.2 Å². The van der Waals surface area contributed by atoms with Gasteiger partial charge in [0.05, 0.1) is 16.3 Å². The summed E-state index contributed by atoms with van der Waals surface area (Å²) in [6.45, 7) is 2.07. The van der Waals surface area contributed by atoms with Gasteiger partial charge in [0.2, 0.25) is 0 Å². The lowest BCUT2D eigenvalue weighted by atomic mass is 10.1. The van der Waals surface area contributed by atoms with Crippen LogP contribution in [0.25, 0.3) is 0 Å². The fraction of sp³-hybridized carbons (Fsp3) is 0.138. The molecule has 0 atom stereocenters. The molecule has 0 spiro atoms. The number of hydrogen-bond donors (Lipinski definition) is 0. The number of unbranched alkanes of at least 4 members (excludes halogenated alkanes) is 2. The number of rotatable bonds is 3. The molecule has 6 heteroatoms. The number of nitrogens with zero attached hydrogens (tertiary/aromatic N) is 1. The van der Waals surface area contributed by atoms with E-state index in [4.69, 9.17) is 0 Å². The third kappa shape index (κ3) is 7.17. The molecule has 0 amide bonds. The van der Waals surface area contributed by atoms with Gasteiger partial charge in [0.1, 0.15) is 17.3 Å². The van der Waals surface area contributed by atoms with Gasteiger partial charge in [-0.15, -0.1) is 0 Å². The molecule has 0 N–H and O–H groups in total. The van der Waals surface area contributed by atoms with Crippen LogP contribution < -0.4 is 0 Å². The molecule has 3 rings (SSSR count). The van der Waals surface area contributed by atoms with Crippen molar-refractivity contribution in [1.29, 1.82) is 0 Å². The van der Waals surface area contributed by atoms with E-state index in [9.17, 15) is 17.6 Å². The highest BCUT2D eigenvalue weighted by atomic mass is 32.1. The first-order valence-corrected chi connectivity index (χ1v) is 11.0. The van der Waals surface area contributed by atoms with E-state index in [0.29, 0.717) is 5.56 Å². The minimum atomic E-state index is -0.938. The molecule has 172 valence electrons. The summed E-state index contributed by atoms with van der Waals surface area (Å²) in [6.07, 6.45) is 2.78. The molecule has 0 unspecified atom stereocenters. The first-order chi connectivity index (χ1) is 16.9. The lowest BCUT2D eigenvalue weighted by Crippen LogP contribution is -1.89. The maximum absolute atomic E-state index is 14.5. The predicted molar refractivity (Wildman–Crippen MR) is 132 cm³/mol. The number of halogens is 4. The lowest BCUT2D eigenvalue weighted by Gasteiger charge is -1.99. The molecule has 0 radical (unpaired) electrons. The summed E-state index contributed by atoms with van der Waals surface area (Å²) in [6, 6.07) is 10.5. The predicted octanol–water partition coefficient (Wildman–Crippen LogP) is 7.32. The summed E-state index contributed by atoms with van der Waals surface area (Å²) in [7, 11) is 0. The molecule has 0 aromatic heterocycles. The first-order valence-electron chi connectivity index (χ1n) is 10.6. The zero-order valence-corrected chi connectivity index (χ0v) is 19.4. The van der Waals surface area contributed by atoms with Crippen molar-refractivity contribution >= 4 is 23.1 Å². The van der Waals surface area contributed by atoms with Crippen molar-refractivity contribution < 1.29 is 17.6 Å². The summed E-state index contributed by atoms with van der Waals surface area (Å²) < 4.78 is 56.6. The van der Waals surface area contributed by atoms with E-state index in [2.05, 4.69) is 59.7 Å². The minimum Gasteiger partial charge on any atom is -0.206 e. The van der Waals surface area contributed by atoms with E-state index in [0.717, 1.165) is 37.5 Å². The van der Waals surface area contributed by atoms with Gasteiger partial charge in [0, 0.05) is 23.1 Å². The van der Waals surface area contributed by atoms with Gasteiger partial charge < -0.3 is 0 Å². The Morgan fingerprint density at radius 2 is 1.20 bits per heavy atom. The Bertz CT molecular complexity index is 1480. The maximum atomic E-state index is 14.5. The fourth-order valence-corrected chi connectivity index (χ4v) is 2.98. The molecule has 0 saturated carbocycles. The zero-order valence-electron chi connectivity index (χ0n) is 18.6. The lowest BCUT2D eigenvalue weighted by molar-refractivity contribution is 0.587. The highest BCUT2D eigenvalue weighted by Gasteiger charge is 2.09. The molecular formula is C29H17F4NS. The van der Waals surface area contributed by atoms with Crippen LogP contribution in [0.1, 0.15) is 54.0 Å². The second kappa shape index (κ2) is 12.4. The van der Waals surface area contributed by atoms with E-state index in [1.54, 1.807) is 6.07 Å². The Morgan fingerprint density at radius 1 is 0.686 bits per heavy atom. The third-order valence-electron chi connectivity index (χ3n) is 4.68. The van der Waals surface area contributed by atoms with Crippen molar-refractivity contribution in [2.75, 3.05) is 0 Å². The van der Waals surface area contributed by atoms with E-state index < -0.39 is 29.0 Å². The summed E-state index contributed by atoms with van der Waals surface area (Å²) >= 11 is 4.36. The van der Waals surface area contributed by atoms with Crippen LogP contribution in [0.2, 0.25) is 0 Å². The van der Waals surface area contributed by atoms with Crippen molar-refractivity contribution in [3.63, 3.8) is 0 Å². The van der Waals surface area contributed by atoms with Crippen LogP contribution >= 0.6 is 12.2 Å². The Hall–Kier alpha value is -4.14. The monoisotopic (exact) mass is 487 g/mol. The normalized spacial score (nSPS) is 9.51. The van der Waals surface area contributed by atoms with Crippen LogP contribution in [0, 0.1) is 58.8 Å². The minimum absolute atomic E-state index is 0.0431. The molecule has 35 heavy (non-hydrogen) atoms. The molecule has 1 nitrogen and oxygen atoms in total. The second-order valence-electron chi connectivity index (χ2n) is 7.29. The van der Waals surface area contributed by atoms with Crippen LogP contribution in [0.15, 0.2) is 53.5 Å². The van der Waals surface area contributed by atoms with Gasteiger partial charge in [0.15, 0.2) is 11.6 Å². The molecule has 0 bridgehead atoms. The molecule has 3 aromatic rings. The van der Waals surface area contributed by atoms with Gasteiger partial charge in [-0.05, 0) is 67.2 Å². The summed E-state index contributed by atoms with van der Waals surface area (Å²) in [4.78, 5) is 3.33. The van der Waals surface area contributed by atoms with Gasteiger partial charge in [-0.3, -0.25) is 0 Å². The summed E-state index contributed by atoms with van der Waals surface area (Å²) in [5.74, 6) is 13.3. The smallest absolute Gasteiger partial charge is 0.153 e. The maximum Gasteiger partial charge on any atom is 0.153 e. The number of hydrogen-bond acceptors (Lipinski definition) is 2. The topological polar surface area (TPSA) is 12.4 Å². The number of benzene rings is 3. The van der Waals surface area contributed by atoms with E-state index in [-0.39, 0.29) is 22.3 Å². The van der Waals surface area contributed by atoms with E-state index in [1.807, 2.05) is 5.16 Å². The van der Waals surface area contributed by atoms with Crippen molar-refractivity contribution in [3.05, 3.63) is 99.6 Å². The van der Waals surface area contributed by atoms with Crippen LogP contribution in [0.3, 0.4) is 0 Å². The summed E-state index contributed by atoms with van der Waals surface area (Å²) in [5.41, 5.74) is 0.494. The van der Waals surface area contributed by atoms with Crippen molar-refractivity contribution in [2.24, 2.45) is 4.99 Å². The van der Waals surface area contributed by atoms with Gasteiger partial charge in [-0.25, -0.2) is 17.6 Å². The standard InChI is InChI=1S/C29H17F4NS/c1-2-3-4-5-6-20-9-11-23(25(30)15-20)13-14-24-12-10-21(16-26(24)31)7-8-22-17-27(32)29(34-19-35)28(33)18-22/h9-12,15-18H,2-4H2,1H3. The average Bonchev–Trinajstić information content (AvgIpc) is 2.83. The van der Waals surface area contributed by atoms with Crippen molar-refractivity contribution in [1.82, 2.24) is 0 Å². The van der Waals surface area contributed by atoms with Crippen molar-refractivity contribution in [2.45, 2.75) is 26.2 Å². The third-order valence-corrected chi connectivity index (χ3v) is 4.77. The molecule has 0 fully saturated rings. The first kappa shape index (κ1) is 25.5. The molecule has 0 saturated heterocycles. The number of thiocarbonyl (C=S) groups is 1. The molecular weight excluding hydrogens is 470 g/mol. The molecule has 0 aliphatic rings. The molecule has 0 aliphatic carbocycles. The van der Waals surface area contributed by atoms with Crippen LogP contribution in [-0.4, -0.2) is 5.16 Å². The zero-order chi connectivity index (χ0) is 25.2. The largest absolute Gasteiger partial charge is 0.206 e. The van der Waals surface area contributed by atoms with Gasteiger partial charge in [-0.2, -0.15) is 4.99 Å². The van der Waals surface area contributed by atoms with E-state index >= 15 is 0 Å². The Labute approximate surface area is 206 Å². The highest BCUT2D eigenvalue weighted by molar-refractivity contribution is 7.78.